The molecule has 31 heavy (non-hydrogen) atoms. The SMILES string of the molecule is Cn1c(=O)c2nc(Br)n(Cc3nc4scc(-c5ccccc5)c4c(=O)[nH]3)c2n(C)c1=O. The molecule has 0 unspecified atom stereocenters. The van der Waals surface area contributed by atoms with Crippen molar-refractivity contribution in [3.05, 3.63) is 77.5 Å². The lowest BCUT2D eigenvalue weighted by Gasteiger charge is -2.09. The van der Waals surface area contributed by atoms with Gasteiger partial charge in [-0.2, -0.15) is 0 Å². The van der Waals surface area contributed by atoms with Gasteiger partial charge in [-0.05, 0) is 21.5 Å². The number of fused-ring (bicyclic) bond motifs is 2. The van der Waals surface area contributed by atoms with Gasteiger partial charge < -0.3 is 4.98 Å². The van der Waals surface area contributed by atoms with Crippen LogP contribution in [0.2, 0.25) is 0 Å². The van der Waals surface area contributed by atoms with E-state index in [-0.39, 0.29) is 17.6 Å². The highest BCUT2D eigenvalue weighted by Gasteiger charge is 2.19. The zero-order valence-corrected chi connectivity index (χ0v) is 18.8. The Morgan fingerprint density at radius 2 is 1.81 bits per heavy atom. The molecule has 1 N–H and O–H groups in total. The molecule has 0 amide bonds. The van der Waals surface area contributed by atoms with Gasteiger partial charge >= 0.3 is 5.69 Å². The Hall–Kier alpha value is -3.31. The van der Waals surface area contributed by atoms with Crippen LogP contribution in [0.1, 0.15) is 5.82 Å². The number of aryl methyl sites for hydroxylation is 1. The van der Waals surface area contributed by atoms with E-state index in [1.807, 2.05) is 35.7 Å². The summed E-state index contributed by atoms with van der Waals surface area (Å²) in [5.41, 5.74) is 1.09. The summed E-state index contributed by atoms with van der Waals surface area (Å²) in [7, 11) is 2.98. The van der Waals surface area contributed by atoms with E-state index in [9.17, 15) is 14.4 Å². The van der Waals surface area contributed by atoms with E-state index in [0.29, 0.717) is 26.4 Å². The highest BCUT2D eigenvalue weighted by molar-refractivity contribution is 9.10. The molecule has 0 atom stereocenters. The van der Waals surface area contributed by atoms with E-state index in [2.05, 4.69) is 30.9 Å². The lowest BCUT2D eigenvalue weighted by atomic mass is 10.1. The number of halogens is 1. The maximum absolute atomic E-state index is 12.9. The third-order valence-corrected chi connectivity index (χ3v) is 6.66. The van der Waals surface area contributed by atoms with Gasteiger partial charge in [-0.1, -0.05) is 30.3 Å². The molecule has 156 valence electrons. The summed E-state index contributed by atoms with van der Waals surface area (Å²) in [6.07, 6.45) is 0. The maximum Gasteiger partial charge on any atom is 0.332 e. The van der Waals surface area contributed by atoms with Gasteiger partial charge in [-0.25, -0.2) is 14.8 Å². The fourth-order valence-corrected chi connectivity index (χ4v) is 5.09. The van der Waals surface area contributed by atoms with Crippen molar-refractivity contribution in [3.8, 4) is 11.1 Å². The van der Waals surface area contributed by atoms with Crippen LogP contribution in [0.5, 0.6) is 0 Å². The molecule has 9 nitrogen and oxygen atoms in total. The van der Waals surface area contributed by atoms with Crippen LogP contribution in [0.25, 0.3) is 32.5 Å². The zero-order valence-electron chi connectivity index (χ0n) is 16.4. The minimum atomic E-state index is -0.486. The molecule has 0 fully saturated rings. The molecule has 5 rings (SSSR count). The van der Waals surface area contributed by atoms with Crippen LogP contribution in [-0.2, 0) is 20.6 Å². The van der Waals surface area contributed by atoms with Gasteiger partial charge in [0.1, 0.15) is 10.7 Å². The van der Waals surface area contributed by atoms with E-state index in [4.69, 9.17) is 0 Å². The number of hydrogen-bond donors (Lipinski definition) is 1. The maximum atomic E-state index is 12.9. The van der Waals surface area contributed by atoms with Crippen LogP contribution in [0, 0.1) is 0 Å². The number of nitrogens with zero attached hydrogens (tertiary/aromatic N) is 5. The Balaban J connectivity index is 1.67. The van der Waals surface area contributed by atoms with Crippen LogP contribution >= 0.6 is 27.3 Å². The molecule has 0 radical (unpaired) electrons. The molecule has 4 heterocycles. The molecule has 0 aliphatic carbocycles. The van der Waals surface area contributed by atoms with E-state index < -0.39 is 11.2 Å². The van der Waals surface area contributed by atoms with Gasteiger partial charge in [0.2, 0.25) is 0 Å². The third kappa shape index (κ3) is 3.00. The molecule has 0 bridgehead atoms. The molecule has 0 saturated carbocycles. The second-order valence-corrected chi connectivity index (χ2v) is 8.62. The molecule has 0 saturated heterocycles. The number of imidazole rings is 1. The molecule has 4 aromatic heterocycles. The monoisotopic (exact) mass is 498 g/mol. The van der Waals surface area contributed by atoms with Crippen molar-refractivity contribution >= 4 is 48.6 Å². The van der Waals surface area contributed by atoms with Gasteiger partial charge in [-0.15, -0.1) is 11.3 Å². The molecule has 0 spiro atoms. The first-order chi connectivity index (χ1) is 14.9. The Morgan fingerprint density at radius 1 is 1.06 bits per heavy atom. The summed E-state index contributed by atoms with van der Waals surface area (Å²) in [6.45, 7) is 0.126. The quantitative estimate of drug-likeness (QED) is 0.383. The minimum absolute atomic E-state index is 0.126. The summed E-state index contributed by atoms with van der Waals surface area (Å²) in [6, 6.07) is 9.66. The Kier molecular flexibility index (Phi) is 4.52. The molecule has 0 aliphatic rings. The fraction of sp³-hybridized carbons (Fsp3) is 0.150. The number of nitrogens with one attached hydrogen (secondary N) is 1. The van der Waals surface area contributed by atoms with Crippen LogP contribution in [0.3, 0.4) is 0 Å². The number of rotatable bonds is 3. The number of aromatic amines is 1. The van der Waals surface area contributed by atoms with Crippen LogP contribution in [-0.4, -0.2) is 28.7 Å². The molecule has 11 heteroatoms. The summed E-state index contributed by atoms with van der Waals surface area (Å²) in [5.74, 6) is 0.395. The topological polar surface area (TPSA) is 108 Å². The molecule has 5 aromatic rings. The van der Waals surface area contributed by atoms with Crippen molar-refractivity contribution in [2.75, 3.05) is 0 Å². The lowest BCUT2D eigenvalue weighted by Crippen LogP contribution is -2.37. The smallest absolute Gasteiger partial charge is 0.308 e. The molecule has 1 aromatic carbocycles. The minimum Gasteiger partial charge on any atom is -0.308 e. The third-order valence-electron chi connectivity index (χ3n) is 5.18. The molecular weight excluding hydrogens is 484 g/mol. The number of thiophene rings is 1. The largest absolute Gasteiger partial charge is 0.332 e. The molecule has 0 aliphatic heterocycles. The first kappa shape index (κ1) is 19.6. The van der Waals surface area contributed by atoms with Gasteiger partial charge in [0.25, 0.3) is 11.1 Å². The fourth-order valence-electron chi connectivity index (χ4n) is 3.65. The number of benzene rings is 1. The van der Waals surface area contributed by atoms with Crippen molar-refractivity contribution in [1.82, 2.24) is 28.7 Å². The van der Waals surface area contributed by atoms with Crippen molar-refractivity contribution in [2.24, 2.45) is 14.1 Å². The van der Waals surface area contributed by atoms with E-state index in [0.717, 1.165) is 15.7 Å². The van der Waals surface area contributed by atoms with Gasteiger partial charge in [0.05, 0.1) is 11.9 Å². The molecular formula is C20H15BrN6O3S. The Labute approximate surface area is 186 Å². The average Bonchev–Trinajstić information content (AvgIpc) is 3.33. The van der Waals surface area contributed by atoms with Gasteiger partial charge in [0, 0.05) is 25.0 Å². The standard InChI is InChI=1S/C20H15BrN6O3S/c1-25-17-14(18(29)26(2)20(25)30)24-19(21)27(17)8-12-22-15(28)13-11(9-31-16(13)23-12)10-6-4-3-5-7-10/h3-7,9H,8H2,1-2H3,(H,22,23,28). The number of H-pyrrole nitrogens is 1. The number of hydrogen-bond acceptors (Lipinski definition) is 6. The summed E-state index contributed by atoms with van der Waals surface area (Å²) in [4.78, 5) is 50.1. The first-order valence-electron chi connectivity index (χ1n) is 9.24. The first-order valence-corrected chi connectivity index (χ1v) is 10.9. The van der Waals surface area contributed by atoms with Crippen molar-refractivity contribution < 1.29 is 0 Å². The summed E-state index contributed by atoms with van der Waals surface area (Å²) < 4.78 is 4.35. The van der Waals surface area contributed by atoms with Crippen LogP contribution in [0.15, 0.2) is 54.8 Å². The predicted molar refractivity (Wildman–Crippen MR) is 123 cm³/mol. The van der Waals surface area contributed by atoms with Crippen molar-refractivity contribution in [1.29, 1.82) is 0 Å². The Bertz CT molecular complexity index is 1660. The van der Waals surface area contributed by atoms with E-state index >= 15 is 0 Å². The van der Waals surface area contributed by atoms with Crippen LogP contribution < -0.4 is 16.8 Å². The summed E-state index contributed by atoms with van der Waals surface area (Å²) >= 11 is 4.75. The van der Waals surface area contributed by atoms with E-state index in [1.54, 1.807) is 11.6 Å². The predicted octanol–water partition coefficient (Wildman–Crippen LogP) is 2.21. The average molecular weight is 499 g/mol. The lowest BCUT2D eigenvalue weighted by molar-refractivity contribution is 0.675. The van der Waals surface area contributed by atoms with E-state index in [1.165, 1.54) is 23.0 Å². The number of aromatic nitrogens is 6. The van der Waals surface area contributed by atoms with Crippen molar-refractivity contribution in [3.63, 3.8) is 0 Å². The van der Waals surface area contributed by atoms with Crippen molar-refractivity contribution in [2.45, 2.75) is 6.54 Å². The van der Waals surface area contributed by atoms with Gasteiger partial charge in [-0.3, -0.25) is 23.3 Å². The second-order valence-electron chi connectivity index (χ2n) is 7.05. The zero-order chi connectivity index (χ0) is 21.9. The Morgan fingerprint density at radius 3 is 2.55 bits per heavy atom. The normalized spacial score (nSPS) is 11.6. The second kappa shape index (κ2) is 7.13. The highest BCUT2D eigenvalue weighted by atomic mass is 79.9. The highest BCUT2D eigenvalue weighted by Crippen LogP contribution is 2.30. The summed E-state index contributed by atoms with van der Waals surface area (Å²) in [5, 5.41) is 2.46. The van der Waals surface area contributed by atoms with Crippen LogP contribution in [0.4, 0.5) is 0 Å². The van der Waals surface area contributed by atoms with Gasteiger partial charge in [0.15, 0.2) is 15.9 Å².